The first-order valence-corrected chi connectivity index (χ1v) is 6.67. The molecule has 0 radical (unpaired) electrons. The van der Waals surface area contributed by atoms with E-state index in [1.165, 1.54) is 12.1 Å². The number of halogens is 2. The molecule has 0 saturated carbocycles. The molecule has 2 aromatic carbocycles. The maximum absolute atomic E-state index is 13.1. The third-order valence-electron chi connectivity index (χ3n) is 2.87. The van der Waals surface area contributed by atoms with Crippen molar-refractivity contribution < 1.29 is 19.0 Å². The molecule has 0 unspecified atom stereocenters. The average molecular weight is 339 g/mol. The van der Waals surface area contributed by atoms with Crippen LogP contribution in [0.5, 0.6) is 5.75 Å². The Balaban J connectivity index is 2.10. The fourth-order valence-corrected chi connectivity index (χ4v) is 2.08. The normalized spacial score (nSPS) is 10.3. The maximum Gasteiger partial charge on any atom is 0.335 e. The molecule has 0 saturated heterocycles. The van der Waals surface area contributed by atoms with Crippen LogP contribution in [-0.2, 0) is 6.61 Å². The van der Waals surface area contributed by atoms with Crippen LogP contribution in [0.15, 0.2) is 40.9 Å². The molecule has 0 amide bonds. The van der Waals surface area contributed by atoms with Crippen molar-refractivity contribution in [2.24, 2.45) is 0 Å². The van der Waals surface area contributed by atoms with Crippen molar-refractivity contribution in [3.05, 3.63) is 63.4 Å². The topological polar surface area (TPSA) is 46.5 Å². The number of ether oxygens (including phenoxy) is 1. The lowest BCUT2D eigenvalue weighted by atomic mass is 10.1. The van der Waals surface area contributed by atoms with Gasteiger partial charge in [-0.15, -0.1) is 0 Å². The summed E-state index contributed by atoms with van der Waals surface area (Å²) in [6.07, 6.45) is 0. The molecule has 0 aliphatic heterocycles. The fraction of sp³-hybridized carbons (Fsp3) is 0.133. The summed E-state index contributed by atoms with van der Waals surface area (Å²) in [5, 5.41) is 8.89. The molecule has 5 heteroatoms. The SMILES string of the molecule is Cc1cc(C(=O)O)ccc1COc1ccc(F)c(Br)c1. The third-order valence-corrected chi connectivity index (χ3v) is 3.48. The maximum atomic E-state index is 13.1. The zero-order chi connectivity index (χ0) is 14.7. The molecule has 0 bridgehead atoms. The lowest BCUT2D eigenvalue weighted by Gasteiger charge is -2.10. The number of carbonyl (C=O) groups is 1. The number of hydrogen-bond acceptors (Lipinski definition) is 2. The zero-order valence-corrected chi connectivity index (χ0v) is 12.3. The Hall–Kier alpha value is -1.88. The Morgan fingerprint density at radius 3 is 2.65 bits per heavy atom. The van der Waals surface area contributed by atoms with E-state index < -0.39 is 5.97 Å². The second kappa shape index (κ2) is 6.05. The van der Waals surface area contributed by atoms with Gasteiger partial charge in [-0.25, -0.2) is 9.18 Å². The highest BCUT2D eigenvalue weighted by Crippen LogP contribution is 2.23. The van der Waals surface area contributed by atoms with Crippen LogP contribution in [0.1, 0.15) is 21.5 Å². The Morgan fingerprint density at radius 2 is 2.05 bits per heavy atom. The van der Waals surface area contributed by atoms with Gasteiger partial charge in [-0.05, 0) is 64.3 Å². The quantitative estimate of drug-likeness (QED) is 0.909. The lowest BCUT2D eigenvalue weighted by molar-refractivity contribution is 0.0696. The summed E-state index contributed by atoms with van der Waals surface area (Å²) in [6, 6.07) is 9.27. The van der Waals surface area contributed by atoms with E-state index in [1.54, 1.807) is 24.3 Å². The van der Waals surface area contributed by atoms with Crippen molar-refractivity contribution in [2.45, 2.75) is 13.5 Å². The molecule has 0 aliphatic rings. The van der Waals surface area contributed by atoms with Crippen LogP contribution in [-0.4, -0.2) is 11.1 Å². The highest BCUT2D eigenvalue weighted by atomic mass is 79.9. The molecule has 0 atom stereocenters. The summed E-state index contributed by atoms with van der Waals surface area (Å²) >= 11 is 3.09. The predicted molar refractivity (Wildman–Crippen MR) is 76.6 cm³/mol. The highest BCUT2D eigenvalue weighted by Gasteiger charge is 2.07. The van der Waals surface area contributed by atoms with Crippen molar-refractivity contribution in [3.63, 3.8) is 0 Å². The molecule has 104 valence electrons. The van der Waals surface area contributed by atoms with E-state index >= 15 is 0 Å². The average Bonchev–Trinajstić information content (AvgIpc) is 2.41. The molecule has 0 heterocycles. The van der Waals surface area contributed by atoms with Gasteiger partial charge in [0.2, 0.25) is 0 Å². The molecular weight excluding hydrogens is 327 g/mol. The smallest absolute Gasteiger partial charge is 0.335 e. The predicted octanol–water partition coefficient (Wildman–Crippen LogP) is 4.17. The van der Waals surface area contributed by atoms with E-state index in [0.717, 1.165) is 11.1 Å². The van der Waals surface area contributed by atoms with Crippen LogP contribution in [0.2, 0.25) is 0 Å². The number of carboxylic acids is 1. The van der Waals surface area contributed by atoms with Gasteiger partial charge >= 0.3 is 5.97 Å². The molecule has 0 aromatic heterocycles. The minimum Gasteiger partial charge on any atom is -0.489 e. The molecule has 20 heavy (non-hydrogen) atoms. The second-order valence-corrected chi connectivity index (χ2v) is 5.17. The molecule has 2 rings (SSSR count). The molecular formula is C15H12BrFO3. The van der Waals surface area contributed by atoms with Gasteiger partial charge in [-0.2, -0.15) is 0 Å². The van der Waals surface area contributed by atoms with Gasteiger partial charge in [0.05, 0.1) is 10.0 Å². The number of benzene rings is 2. The standard InChI is InChI=1S/C15H12BrFO3/c1-9-6-10(15(18)19)2-3-11(9)8-20-12-4-5-14(17)13(16)7-12/h2-7H,8H2,1H3,(H,18,19). The summed E-state index contributed by atoms with van der Waals surface area (Å²) in [4.78, 5) is 10.8. The van der Waals surface area contributed by atoms with E-state index in [2.05, 4.69) is 15.9 Å². The molecule has 0 spiro atoms. The number of rotatable bonds is 4. The summed E-state index contributed by atoms with van der Waals surface area (Å²) < 4.78 is 19.0. The molecule has 0 fully saturated rings. The minimum atomic E-state index is -0.956. The first kappa shape index (κ1) is 14.5. The Labute approximate surface area is 124 Å². The molecule has 3 nitrogen and oxygen atoms in total. The first-order chi connectivity index (χ1) is 9.47. The van der Waals surface area contributed by atoms with Gasteiger partial charge in [0, 0.05) is 0 Å². The van der Waals surface area contributed by atoms with E-state index in [-0.39, 0.29) is 11.4 Å². The second-order valence-electron chi connectivity index (χ2n) is 4.31. The number of hydrogen-bond donors (Lipinski definition) is 1. The molecule has 0 aliphatic carbocycles. The van der Waals surface area contributed by atoms with Crippen LogP contribution in [0.25, 0.3) is 0 Å². The van der Waals surface area contributed by atoms with Crippen molar-refractivity contribution in [2.75, 3.05) is 0 Å². The zero-order valence-electron chi connectivity index (χ0n) is 10.7. The van der Waals surface area contributed by atoms with Crippen molar-refractivity contribution in [1.82, 2.24) is 0 Å². The van der Waals surface area contributed by atoms with Gasteiger partial charge in [0.25, 0.3) is 0 Å². The van der Waals surface area contributed by atoms with Gasteiger partial charge in [-0.1, -0.05) is 6.07 Å². The van der Waals surface area contributed by atoms with Gasteiger partial charge < -0.3 is 9.84 Å². The van der Waals surface area contributed by atoms with E-state index in [0.29, 0.717) is 16.8 Å². The minimum absolute atomic E-state index is 0.246. The Kier molecular flexibility index (Phi) is 4.39. The summed E-state index contributed by atoms with van der Waals surface area (Å²) in [6.45, 7) is 2.12. The van der Waals surface area contributed by atoms with Crippen molar-refractivity contribution in [1.29, 1.82) is 0 Å². The third kappa shape index (κ3) is 3.36. The van der Waals surface area contributed by atoms with Gasteiger partial charge in [0.15, 0.2) is 0 Å². The van der Waals surface area contributed by atoms with Gasteiger partial charge in [-0.3, -0.25) is 0 Å². The summed E-state index contributed by atoms with van der Waals surface area (Å²) in [5.74, 6) is -0.762. The highest BCUT2D eigenvalue weighted by molar-refractivity contribution is 9.10. The first-order valence-electron chi connectivity index (χ1n) is 5.88. The van der Waals surface area contributed by atoms with E-state index in [4.69, 9.17) is 9.84 Å². The van der Waals surface area contributed by atoms with Crippen LogP contribution in [0, 0.1) is 12.7 Å². The fourth-order valence-electron chi connectivity index (χ4n) is 1.72. The lowest BCUT2D eigenvalue weighted by Crippen LogP contribution is -2.02. The van der Waals surface area contributed by atoms with E-state index in [9.17, 15) is 9.18 Å². The largest absolute Gasteiger partial charge is 0.489 e. The number of aryl methyl sites for hydroxylation is 1. The summed E-state index contributed by atoms with van der Waals surface area (Å²) in [5.41, 5.74) is 1.97. The number of carboxylic acid groups (broad SMARTS) is 1. The van der Waals surface area contributed by atoms with E-state index in [1.807, 2.05) is 6.92 Å². The van der Waals surface area contributed by atoms with Crippen LogP contribution in [0.4, 0.5) is 4.39 Å². The van der Waals surface area contributed by atoms with Crippen molar-refractivity contribution in [3.8, 4) is 5.75 Å². The van der Waals surface area contributed by atoms with Gasteiger partial charge in [0.1, 0.15) is 18.2 Å². The summed E-state index contributed by atoms with van der Waals surface area (Å²) in [7, 11) is 0. The van der Waals surface area contributed by atoms with Crippen LogP contribution >= 0.6 is 15.9 Å². The van der Waals surface area contributed by atoms with Crippen molar-refractivity contribution >= 4 is 21.9 Å². The van der Waals surface area contributed by atoms with Crippen LogP contribution < -0.4 is 4.74 Å². The Morgan fingerprint density at radius 1 is 1.30 bits per heavy atom. The monoisotopic (exact) mass is 338 g/mol. The van der Waals surface area contributed by atoms with Crippen LogP contribution in [0.3, 0.4) is 0 Å². The molecule has 1 N–H and O–H groups in total. The molecule has 2 aromatic rings. The number of aromatic carboxylic acids is 1. The Bertz CT molecular complexity index is 656.